The molecular formula is C19H41N. The minimum absolute atomic E-state index is 0.0294. The molecule has 0 aliphatic heterocycles. The van der Waals surface area contributed by atoms with Crippen molar-refractivity contribution in [2.45, 2.75) is 106 Å². The molecule has 0 fully saturated rings. The Morgan fingerprint density at radius 3 is 1.35 bits per heavy atom. The maximum Gasteiger partial charge on any atom is 0.0128 e. The highest BCUT2D eigenvalue weighted by molar-refractivity contribution is 4.90. The molecule has 1 atom stereocenters. The summed E-state index contributed by atoms with van der Waals surface area (Å²) in [6.07, 6.45) is 7.27. The fourth-order valence-electron chi connectivity index (χ4n) is 4.29. The third-order valence-corrected chi connectivity index (χ3v) is 5.26. The third-order valence-electron chi connectivity index (χ3n) is 5.26. The molecule has 0 radical (unpaired) electrons. The van der Waals surface area contributed by atoms with Gasteiger partial charge in [-0.05, 0) is 48.9 Å². The molecule has 20 heavy (non-hydrogen) atoms. The van der Waals surface area contributed by atoms with Crippen molar-refractivity contribution in [3.63, 3.8) is 0 Å². The quantitative estimate of drug-likeness (QED) is 0.538. The lowest BCUT2D eigenvalue weighted by atomic mass is 9.63. The van der Waals surface area contributed by atoms with Gasteiger partial charge in [0, 0.05) is 5.54 Å². The van der Waals surface area contributed by atoms with Gasteiger partial charge in [-0.1, -0.05) is 68.2 Å². The van der Waals surface area contributed by atoms with Crippen molar-refractivity contribution in [3.8, 4) is 0 Å². The van der Waals surface area contributed by atoms with Crippen LogP contribution in [0.15, 0.2) is 0 Å². The Morgan fingerprint density at radius 2 is 1.00 bits per heavy atom. The van der Waals surface area contributed by atoms with E-state index < -0.39 is 0 Å². The highest BCUT2D eigenvalue weighted by atomic mass is 14.7. The van der Waals surface area contributed by atoms with E-state index in [1.54, 1.807) is 0 Å². The van der Waals surface area contributed by atoms with E-state index in [1.165, 1.54) is 25.7 Å². The fourth-order valence-corrected chi connectivity index (χ4v) is 4.29. The Balaban J connectivity index is 4.81. The van der Waals surface area contributed by atoms with Crippen LogP contribution in [-0.4, -0.2) is 5.54 Å². The fraction of sp³-hybridized carbons (Fsp3) is 1.00. The van der Waals surface area contributed by atoms with Gasteiger partial charge < -0.3 is 5.73 Å². The monoisotopic (exact) mass is 283 g/mol. The highest BCUT2D eigenvalue weighted by Crippen LogP contribution is 2.46. The molecule has 122 valence electrons. The zero-order chi connectivity index (χ0) is 16.2. The first kappa shape index (κ1) is 20.0. The average molecular weight is 284 g/mol. The summed E-state index contributed by atoms with van der Waals surface area (Å²) in [5, 5.41) is 0. The van der Waals surface area contributed by atoms with Crippen molar-refractivity contribution in [2.75, 3.05) is 0 Å². The van der Waals surface area contributed by atoms with Crippen LogP contribution in [0.2, 0.25) is 0 Å². The van der Waals surface area contributed by atoms with Crippen molar-refractivity contribution in [3.05, 3.63) is 0 Å². The largest absolute Gasteiger partial charge is 0.325 e. The van der Waals surface area contributed by atoms with Gasteiger partial charge in [0.25, 0.3) is 0 Å². The minimum atomic E-state index is -0.0294. The molecule has 0 spiro atoms. The molecule has 0 bridgehead atoms. The lowest BCUT2D eigenvalue weighted by Gasteiger charge is -2.43. The highest BCUT2D eigenvalue weighted by Gasteiger charge is 2.36. The molecule has 0 saturated heterocycles. The van der Waals surface area contributed by atoms with Crippen molar-refractivity contribution in [1.82, 2.24) is 0 Å². The van der Waals surface area contributed by atoms with Gasteiger partial charge in [-0.15, -0.1) is 0 Å². The Bertz CT molecular complexity index is 282. The van der Waals surface area contributed by atoms with Crippen molar-refractivity contribution < 1.29 is 0 Å². The first-order valence-electron chi connectivity index (χ1n) is 8.59. The van der Waals surface area contributed by atoms with Crippen LogP contribution in [0.5, 0.6) is 0 Å². The Labute approximate surface area is 129 Å². The molecule has 0 rings (SSSR count). The first-order chi connectivity index (χ1) is 8.80. The zero-order valence-corrected chi connectivity index (χ0v) is 15.8. The zero-order valence-electron chi connectivity index (χ0n) is 15.8. The topological polar surface area (TPSA) is 26.0 Å². The first-order valence-corrected chi connectivity index (χ1v) is 8.59. The van der Waals surface area contributed by atoms with Gasteiger partial charge >= 0.3 is 0 Å². The van der Waals surface area contributed by atoms with Crippen molar-refractivity contribution in [2.24, 2.45) is 22.0 Å². The molecule has 0 aliphatic carbocycles. The van der Waals surface area contributed by atoms with Crippen molar-refractivity contribution in [1.29, 1.82) is 0 Å². The van der Waals surface area contributed by atoms with Gasteiger partial charge in [0.1, 0.15) is 0 Å². The predicted molar refractivity (Wildman–Crippen MR) is 93.0 cm³/mol. The summed E-state index contributed by atoms with van der Waals surface area (Å²) in [5.41, 5.74) is 7.55. The second-order valence-corrected chi connectivity index (χ2v) is 9.38. The Kier molecular flexibility index (Phi) is 6.80. The molecular weight excluding hydrogens is 242 g/mol. The van der Waals surface area contributed by atoms with Gasteiger partial charge in [0.2, 0.25) is 0 Å². The summed E-state index contributed by atoms with van der Waals surface area (Å²) in [5.74, 6) is 0. The summed E-state index contributed by atoms with van der Waals surface area (Å²) < 4.78 is 0. The van der Waals surface area contributed by atoms with Crippen molar-refractivity contribution >= 4 is 0 Å². The van der Waals surface area contributed by atoms with Gasteiger partial charge in [0.05, 0.1) is 0 Å². The smallest absolute Gasteiger partial charge is 0.0128 e. The molecule has 0 aliphatic rings. The number of nitrogens with two attached hydrogens (primary N) is 1. The molecule has 1 heteroatoms. The molecule has 0 heterocycles. The Hall–Kier alpha value is -0.0400. The minimum Gasteiger partial charge on any atom is -0.325 e. The summed E-state index contributed by atoms with van der Waals surface area (Å²) in [6, 6.07) is 0. The van der Waals surface area contributed by atoms with Gasteiger partial charge in [-0.2, -0.15) is 0 Å². The van der Waals surface area contributed by atoms with E-state index in [9.17, 15) is 0 Å². The SMILES string of the molecule is CCC(C)(N)CC(C)(C)CC(C)(C)CC(C)(CC)CC. The van der Waals surface area contributed by atoms with Gasteiger partial charge in [0.15, 0.2) is 0 Å². The van der Waals surface area contributed by atoms with Gasteiger partial charge in [-0.25, -0.2) is 0 Å². The summed E-state index contributed by atoms with van der Waals surface area (Å²) >= 11 is 0. The van der Waals surface area contributed by atoms with Crippen LogP contribution in [0.3, 0.4) is 0 Å². The lowest BCUT2D eigenvalue weighted by molar-refractivity contribution is 0.0912. The second kappa shape index (κ2) is 6.81. The lowest BCUT2D eigenvalue weighted by Crippen LogP contribution is -2.41. The maximum absolute atomic E-state index is 6.40. The van der Waals surface area contributed by atoms with E-state index >= 15 is 0 Å². The van der Waals surface area contributed by atoms with E-state index in [-0.39, 0.29) is 5.54 Å². The summed E-state index contributed by atoms with van der Waals surface area (Å²) in [4.78, 5) is 0. The van der Waals surface area contributed by atoms with Gasteiger partial charge in [-0.3, -0.25) is 0 Å². The molecule has 2 N–H and O–H groups in total. The molecule has 0 amide bonds. The van der Waals surface area contributed by atoms with Crippen LogP contribution >= 0.6 is 0 Å². The van der Waals surface area contributed by atoms with Crippen LogP contribution in [0, 0.1) is 16.2 Å². The van der Waals surface area contributed by atoms with Crippen LogP contribution in [0.4, 0.5) is 0 Å². The van der Waals surface area contributed by atoms with E-state index in [0.717, 1.165) is 12.8 Å². The molecule has 0 aromatic rings. The van der Waals surface area contributed by atoms with Crippen LogP contribution in [-0.2, 0) is 0 Å². The molecule has 0 saturated carbocycles. The van der Waals surface area contributed by atoms with E-state index in [1.807, 2.05) is 0 Å². The second-order valence-electron chi connectivity index (χ2n) is 9.38. The molecule has 0 aromatic heterocycles. The van der Waals surface area contributed by atoms with Crippen LogP contribution < -0.4 is 5.73 Å². The van der Waals surface area contributed by atoms with E-state index in [4.69, 9.17) is 5.73 Å². The predicted octanol–water partition coefficient (Wildman–Crippen LogP) is 6.16. The van der Waals surface area contributed by atoms with E-state index in [2.05, 4.69) is 62.3 Å². The number of hydrogen-bond donors (Lipinski definition) is 1. The molecule has 1 nitrogen and oxygen atoms in total. The average Bonchev–Trinajstić information content (AvgIpc) is 2.25. The third kappa shape index (κ3) is 7.11. The maximum atomic E-state index is 6.40. The molecule has 0 aromatic carbocycles. The number of rotatable bonds is 9. The standard InChI is InChI=1S/C19H41N/c1-10-18(8,11-2)14-16(4,5)13-17(6,7)15-19(9,20)12-3/h10-15,20H2,1-9H3. The normalized spacial score (nSPS) is 17.1. The Morgan fingerprint density at radius 1 is 0.600 bits per heavy atom. The summed E-state index contributed by atoms with van der Waals surface area (Å²) in [7, 11) is 0. The number of hydrogen-bond acceptors (Lipinski definition) is 1. The van der Waals surface area contributed by atoms with Crippen LogP contribution in [0.25, 0.3) is 0 Å². The van der Waals surface area contributed by atoms with E-state index in [0.29, 0.717) is 16.2 Å². The summed E-state index contributed by atoms with van der Waals surface area (Å²) in [6.45, 7) is 21.2. The van der Waals surface area contributed by atoms with Crippen LogP contribution in [0.1, 0.15) is 101 Å². The molecule has 1 unspecified atom stereocenters.